The van der Waals surface area contributed by atoms with Gasteiger partial charge in [0.15, 0.2) is 0 Å². The first-order valence-corrected chi connectivity index (χ1v) is 7.19. The van der Waals surface area contributed by atoms with Crippen LogP contribution in [0.5, 0.6) is 5.75 Å². The minimum absolute atomic E-state index is 0.220. The number of nitrogens with two attached hydrogens (primary N) is 1. The molecule has 1 aromatic rings. The molecule has 2 nitrogen and oxygen atoms in total. The number of ether oxygens (including phenoxy) is 1. The van der Waals surface area contributed by atoms with Crippen LogP contribution in [0.25, 0.3) is 0 Å². The quantitative estimate of drug-likeness (QED) is 0.802. The normalized spacial score (nSPS) is 16.6. The van der Waals surface area contributed by atoms with E-state index in [4.69, 9.17) is 10.5 Å². The Morgan fingerprint density at radius 3 is 2.78 bits per heavy atom. The zero-order chi connectivity index (χ0) is 13.0. The Labute approximate surface area is 111 Å². The van der Waals surface area contributed by atoms with Crippen LogP contribution in [-0.2, 0) is 12.8 Å². The Hall–Kier alpha value is -1.02. The molecule has 1 unspecified atom stereocenters. The fraction of sp³-hybridized carbons (Fsp3) is 0.625. The van der Waals surface area contributed by atoms with E-state index < -0.39 is 0 Å². The minimum atomic E-state index is 0.220. The molecule has 0 amide bonds. The molecule has 0 aromatic heterocycles. The van der Waals surface area contributed by atoms with Crippen molar-refractivity contribution in [1.29, 1.82) is 0 Å². The third-order valence-electron chi connectivity index (χ3n) is 3.37. The Balaban J connectivity index is 2.06. The van der Waals surface area contributed by atoms with Gasteiger partial charge in [0.1, 0.15) is 5.75 Å². The molecule has 0 radical (unpaired) electrons. The van der Waals surface area contributed by atoms with E-state index in [0.29, 0.717) is 0 Å². The summed E-state index contributed by atoms with van der Waals surface area (Å²) in [4.78, 5) is 0. The zero-order valence-corrected chi connectivity index (χ0v) is 11.6. The van der Waals surface area contributed by atoms with Crippen LogP contribution in [0.2, 0.25) is 0 Å². The molecule has 1 saturated carbocycles. The topological polar surface area (TPSA) is 35.2 Å². The Morgan fingerprint density at radius 2 is 2.17 bits per heavy atom. The van der Waals surface area contributed by atoms with Crippen LogP contribution in [0.1, 0.15) is 44.2 Å². The number of benzene rings is 1. The van der Waals surface area contributed by atoms with Crippen LogP contribution in [0.4, 0.5) is 0 Å². The maximum atomic E-state index is 5.94. The zero-order valence-electron chi connectivity index (χ0n) is 11.6. The average Bonchev–Trinajstić information content (AvgIpc) is 3.11. The average molecular weight is 247 g/mol. The van der Waals surface area contributed by atoms with Gasteiger partial charge in [0.2, 0.25) is 0 Å². The van der Waals surface area contributed by atoms with Gasteiger partial charge in [0.05, 0.1) is 6.61 Å². The van der Waals surface area contributed by atoms with Crippen LogP contribution in [0, 0.1) is 5.92 Å². The van der Waals surface area contributed by atoms with Gasteiger partial charge in [0, 0.05) is 6.04 Å². The summed E-state index contributed by atoms with van der Waals surface area (Å²) in [6.45, 7) is 5.16. The fourth-order valence-corrected chi connectivity index (χ4v) is 2.23. The van der Waals surface area contributed by atoms with Crippen molar-refractivity contribution in [2.45, 2.75) is 52.0 Å². The van der Waals surface area contributed by atoms with E-state index >= 15 is 0 Å². The molecule has 2 rings (SSSR count). The maximum Gasteiger partial charge on any atom is 0.122 e. The molecule has 0 bridgehead atoms. The molecule has 0 heterocycles. The number of aryl methyl sites for hydroxylation is 1. The third-order valence-corrected chi connectivity index (χ3v) is 3.37. The number of rotatable bonds is 7. The lowest BCUT2D eigenvalue weighted by atomic mass is 10.0. The van der Waals surface area contributed by atoms with Gasteiger partial charge in [-0.05, 0) is 55.7 Å². The Morgan fingerprint density at radius 1 is 1.39 bits per heavy atom. The lowest BCUT2D eigenvalue weighted by molar-refractivity contribution is 0.296. The molecular weight excluding hydrogens is 222 g/mol. The van der Waals surface area contributed by atoms with Gasteiger partial charge < -0.3 is 10.5 Å². The van der Waals surface area contributed by atoms with Crippen molar-refractivity contribution in [3.63, 3.8) is 0 Å². The second-order valence-corrected chi connectivity index (χ2v) is 5.63. The molecule has 0 spiro atoms. The monoisotopic (exact) mass is 247 g/mol. The fourth-order valence-electron chi connectivity index (χ4n) is 2.23. The van der Waals surface area contributed by atoms with Crippen molar-refractivity contribution >= 4 is 0 Å². The molecular formula is C16H25NO. The molecule has 1 aliphatic rings. The summed E-state index contributed by atoms with van der Waals surface area (Å²) in [6, 6.07) is 6.78. The van der Waals surface area contributed by atoms with Crippen molar-refractivity contribution in [3.8, 4) is 5.75 Å². The van der Waals surface area contributed by atoms with E-state index in [2.05, 4.69) is 32.0 Å². The van der Waals surface area contributed by atoms with Gasteiger partial charge in [-0.15, -0.1) is 0 Å². The van der Waals surface area contributed by atoms with E-state index in [1.807, 2.05) is 0 Å². The van der Waals surface area contributed by atoms with E-state index in [1.54, 1.807) is 0 Å². The summed E-state index contributed by atoms with van der Waals surface area (Å²) in [5.74, 6) is 1.89. The summed E-state index contributed by atoms with van der Waals surface area (Å²) < 4.78 is 5.94. The molecule has 0 aliphatic heterocycles. The van der Waals surface area contributed by atoms with Crippen molar-refractivity contribution in [1.82, 2.24) is 0 Å². The van der Waals surface area contributed by atoms with Gasteiger partial charge in [-0.25, -0.2) is 0 Å². The summed E-state index contributed by atoms with van der Waals surface area (Å²) in [5, 5.41) is 0. The van der Waals surface area contributed by atoms with Crippen molar-refractivity contribution in [3.05, 3.63) is 29.3 Å². The molecule has 1 fully saturated rings. The molecule has 2 N–H and O–H groups in total. The molecule has 0 saturated heterocycles. The van der Waals surface area contributed by atoms with Gasteiger partial charge in [-0.3, -0.25) is 0 Å². The first-order valence-electron chi connectivity index (χ1n) is 7.19. The summed E-state index contributed by atoms with van der Waals surface area (Å²) >= 11 is 0. The summed E-state index contributed by atoms with van der Waals surface area (Å²) in [7, 11) is 0. The van der Waals surface area contributed by atoms with Crippen molar-refractivity contribution in [2.75, 3.05) is 6.61 Å². The smallest absolute Gasteiger partial charge is 0.122 e. The predicted octanol–water partition coefficient (Wildman–Crippen LogP) is 3.32. The third kappa shape index (κ3) is 4.02. The second kappa shape index (κ2) is 6.24. The van der Waals surface area contributed by atoms with E-state index in [0.717, 1.165) is 37.5 Å². The lowest BCUT2D eigenvalue weighted by Crippen LogP contribution is -2.17. The van der Waals surface area contributed by atoms with Crippen molar-refractivity contribution in [2.24, 2.45) is 11.7 Å². The molecule has 18 heavy (non-hydrogen) atoms. The molecule has 1 aromatic carbocycles. The Kier molecular flexibility index (Phi) is 4.65. The second-order valence-electron chi connectivity index (χ2n) is 5.63. The SMILES string of the molecule is CCCc1cc(CC(C)N)ccc1OCC1CC1. The van der Waals surface area contributed by atoms with Crippen LogP contribution in [0.15, 0.2) is 18.2 Å². The standard InChI is InChI=1S/C16H25NO/c1-3-4-15-10-14(9-12(2)17)7-8-16(15)18-11-13-5-6-13/h7-8,10,12-13H,3-6,9,11,17H2,1-2H3. The highest BCUT2D eigenvalue weighted by Crippen LogP contribution is 2.31. The maximum absolute atomic E-state index is 5.94. The van der Waals surface area contributed by atoms with Crippen LogP contribution < -0.4 is 10.5 Å². The first kappa shape index (κ1) is 13.4. The van der Waals surface area contributed by atoms with Gasteiger partial charge in [-0.2, -0.15) is 0 Å². The minimum Gasteiger partial charge on any atom is -0.493 e. The van der Waals surface area contributed by atoms with E-state index in [9.17, 15) is 0 Å². The van der Waals surface area contributed by atoms with Crippen LogP contribution >= 0.6 is 0 Å². The van der Waals surface area contributed by atoms with E-state index in [-0.39, 0.29) is 6.04 Å². The lowest BCUT2D eigenvalue weighted by Gasteiger charge is -2.13. The summed E-state index contributed by atoms with van der Waals surface area (Å²) in [5.41, 5.74) is 8.53. The number of hydrogen-bond donors (Lipinski definition) is 1. The van der Waals surface area contributed by atoms with Gasteiger partial charge in [0.25, 0.3) is 0 Å². The number of hydrogen-bond acceptors (Lipinski definition) is 2. The van der Waals surface area contributed by atoms with E-state index in [1.165, 1.54) is 24.0 Å². The highest BCUT2D eigenvalue weighted by Gasteiger charge is 2.22. The first-order chi connectivity index (χ1) is 8.69. The van der Waals surface area contributed by atoms with Gasteiger partial charge in [-0.1, -0.05) is 25.5 Å². The summed E-state index contributed by atoms with van der Waals surface area (Å²) in [6.07, 6.45) is 5.87. The molecule has 100 valence electrons. The molecule has 2 heteroatoms. The van der Waals surface area contributed by atoms with Gasteiger partial charge >= 0.3 is 0 Å². The van der Waals surface area contributed by atoms with Crippen LogP contribution in [-0.4, -0.2) is 12.6 Å². The van der Waals surface area contributed by atoms with Crippen molar-refractivity contribution < 1.29 is 4.74 Å². The largest absolute Gasteiger partial charge is 0.493 e. The Bertz CT molecular complexity index is 383. The predicted molar refractivity (Wildman–Crippen MR) is 76.0 cm³/mol. The molecule has 1 atom stereocenters. The molecule has 1 aliphatic carbocycles. The highest BCUT2D eigenvalue weighted by molar-refractivity contribution is 5.37. The highest BCUT2D eigenvalue weighted by atomic mass is 16.5. The van der Waals surface area contributed by atoms with Crippen LogP contribution in [0.3, 0.4) is 0 Å².